The fourth-order valence-corrected chi connectivity index (χ4v) is 2.96. The van der Waals surface area contributed by atoms with Crippen LogP contribution >= 0.6 is 0 Å². The molecule has 2 aliphatic rings. The van der Waals surface area contributed by atoms with Crippen molar-refractivity contribution in [2.24, 2.45) is 5.92 Å². The number of aliphatic hydroxyl groups is 1. The molecule has 25 heavy (non-hydrogen) atoms. The number of hydrogen-bond acceptors (Lipinski definition) is 5. The fourth-order valence-electron chi connectivity index (χ4n) is 2.96. The Bertz CT molecular complexity index is 499. The number of aliphatic carboxylic acids is 1. The van der Waals surface area contributed by atoms with Crippen LogP contribution in [0.5, 0.6) is 0 Å². The maximum atomic E-state index is 12.4. The summed E-state index contributed by atoms with van der Waals surface area (Å²) in [5, 5.41) is 19.5. The predicted octanol–water partition coefficient (Wildman–Crippen LogP) is 1.66. The summed E-state index contributed by atoms with van der Waals surface area (Å²) < 4.78 is 0. The lowest BCUT2D eigenvalue weighted by molar-refractivity contribution is -0.145. The van der Waals surface area contributed by atoms with Crippen molar-refractivity contribution in [2.75, 3.05) is 0 Å². The third-order valence-electron chi connectivity index (χ3n) is 4.48. The van der Waals surface area contributed by atoms with Gasteiger partial charge < -0.3 is 10.2 Å². The summed E-state index contributed by atoms with van der Waals surface area (Å²) in [6.45, 7) is 3.60. The Morgan fingerprint density at radius 3 is 2.20 bits per heavy atom. The van der Waals surface area contributed by atoms with Crippen molar-refractivity contribution in [3.05, 3.63) is 0 Å². The molecule has 3 N–H and O–H groups in total. The average molecular weight is 356 g/mol. The molecule has 1 heterocycles. The van der Waals surface area contributed by atoms with Crippen LogP contribution in [-0.2, 0) is 14.4 Å². The molecule has 0 bridgehead atoms. The molecule has 0 radical (unpaired) electrons. The zero-order valence-electron chi connectivity index (χ0n) is 14.9. The summed E-state index contributed by atoms with van der Waals surface area (Å²) in [6, 6.07) is -0.794. The minimum atomic E-state index is -0.745. The summed E-state index contributed by atoms with van der Waals surface area (Å²) in [6.07, 6.45) is 4.46. The summed E-state index contributed by atoms with van der Waals surface area (Å²) in [4.78, 5) is 46.7. The Morgan fingerprint density at radius 1 is 1.16 bits per heavy atom. The van der Waals surface area contributed by atoms with Crippen LogP contribution in [0.25, 0.3) is 0 Å². The highest BCUT2D eigenvalue weighted by Gasteiger charge is 2.43. The van der Waals surface area contributed by atoms with Crippen LogP contribution in [0, 0.1) is 5.92 Å². The summed E-state index contributed by atoms with van der Waals surface area (Å²) in [7, 11) is 0. The monoisotopic (exact) mass is 356 g/mol. The number of urea groups is 1. The van der Waals surface area contributed by atoms with E-state index in [-0.39, 0.29) is 24.5 Å². The second-order valence-electron chi connectivity index (χ2n) is 6.41. The summed E-state index contributed by atoms with van der Waals surface area (Å²) >= 11 is 0. The van der Waals surface area contributed by atoms with Crippen LogP contribution in [0.15, 0.2) is 0 Å². The zero-order valence-corrected chi connectivity index (χ0v) is 14.9. The van der Waals surface area contributed by atoms with Gasteiger partial charge in [0.1, 0.15) is 5.92 Å². The number of nitrogens with zero attached hydrogens (tertiary/aromatic N) is 1. The molecule has 2 fully saturated rings. The van der Waals surface area contributed by atoms with Crippen molar-refractivity contribution >= 4 is 23.8 Å². The van der Waals surface area contributed by atoms with Crippen LogP contribution in [0.3, 0.4) is 0 Å². The number of amides is 4. The van der Waals surface area contributed by atoms with Crippen LogP contribution in [0.1, 0.15) is 65.2 Å². The predicted molar refractivity (Wildman–Crippen MR) is 89.6 cm³/mol. The highest BCUT2D eigenvalue weighted by Crippen LogP contribution is 2.27. The van der Waals surface area contributed by atoms with Crippen LogP contribution in [0.4, 0.5) is 4.79 Å². The van der Waals surface area contributed by atoms with Crippen molar-refractivity contribution in [1.82, 2.24) is 10.2 Å². The minimum absolute atomic E-state index is 0.192. The van der Waals surface area contributed by atoms with Gasteiger partial charge in [-0.3, -0.25) is 24.6 Å². The summed E-state index contributed by atoms with van der Waals surface area (Å²) in [5.74, 6) is -2.32. The lowest BCUT2D eigenvalue weighted by Crippen LogP contribution is -2.61. The maximum Gasteiger partial charge on any atom is 0.331 e. The van der Waals surface area contributed by atoms with E-state index in [0.29, 0.717) is 32.1 Å². The summed E-state index contributed by atoms with van der Waals surface area (Å²) in [5.41, 5.74) is 0. The van der Waals surface area contributed by atoms with E-state index in [4.69, 9.17) is 5.11 Å². The quantitative estimate of drug-likeness (QED) is 0.644. The molecule has 4 amide bonds. The third kappa shape index (κ3) is 6.12. The van der Waals surface area contributed by atoms with E-state index in [1.165, 1.54) is 4.90 Å². The molecule has 1 aliphatic heterocycles. The topological polar surface area (TPSA) is 124 Å². The number of barbiturate groups is 1. The van der Waals surface area contributed by atoms with E-state index < -0.39 is 23.8 Å². The van der Waals surface area contributed by atoms with Gasteiger partial charge in [-0.25, -0.2) is 4.79 Å². The molecule has 1 atom stereocenters. The van der Waals surface area contributed by atoms with Gasteiger partial charge in [-0.2, -0.15) is 0 Å². The third-order valence-corrected chi connectivity index (χ3v) is 4.48. The van der Waals surface area contributed by atoms with Crippen LogP contribution in [-0.4, -0.2) is 51.1 Å². The van der Waals surface area contributed by atoms with Gasteiger partial charge in [0, 0.05) is 12.5 Å². The smallest absolute Gasteiger partial charge is 0.331 e. The number of nitrogens with one attached hydrogen (secondary N) is 1. The minimum Gasteiger partial charge on any atom is -0.481 e. The lowest BCUT2D eigenvalue weighted by atomic mass is 9.89. The van der Waals surface area contributed by atoms with Crippen molar-refractivity contribution in [3.63, 3.8) is 0 Å². The van der Waals surface area contributed by atoms with Crippen molar-refractivity contribution in [2.45, 2.75) is 77.4 Å². The molecule has 0 aromatic heterocycles. The van der Waals surface area contributed by atoms with Gasteiger partial charge in [0.25, 0.3) is 0 Å². The van der Waals surface area contributed by atoms with E-state index >= 15 is 0 Å². The van der Waals surface area contributed by atoms with Crippen LogP contribution in [0.2, 0.25) is 0 Å². The van der Waals surface area contributed by atoms with E-state index in [9.17, 15) is 24.3 Å². The Balaban J connectivity index is 0.000000550. The maximum absolute atomic E-state index is 12.4. The second-order valence-corrected chi connectivity index (χ2v) is 6.41. The van der Waals surface area contributed by atoms with Crippen LogP contribution < -0.4 is 5.32 Å². The van der Waals surface area contributed by atoms with Gasteiger partial charge >= 0.3 is 12.0 Å². The lowest BCUT2D eigenvalue weighted by Gasteiger charge is -2.38. The van der Waals surface area contributed by atoms with Gasteiger partial charge in [0.15, 0.2) is 0 Å². The Morgan fingerprint density at radius 2 is 1.72 bits per heavy atom. The first kappa shape index (κ1) is 21.1. The van der Waals surface area contributed by atoms with E-state index in [0.717, 1.165) is 12.8 Å². The SMILES string of the molecule is CCC(=O)O.CCCCC1C(=O)NC(=O)N(C2CCC(O)CC2)C1=O. The van der Waals surface area contributed by atoms with E-state index in [1.807, 2.05) is 6.92 Å². The molecular formula is C17H28N2O6. The molecule has 1 saturated carbocycles. The largest absolute Gasteiger partial charge is 0.481 e. The standard InChI is InChI=1S/C14H22N2O4.C3H6O2/c1-2-3-4-11-12(18)15-14(20)16(13(11)19)9-5-7-10(17)8-6-9;1-2-3(4)5/h9-11,17H,2-8H2,1H3,(H,15,18,20);2H2,1H3,(H,4,5). The normalized spacial score (nSPS) is 26.6. The molecule has 1 unspecified atom stereocenters. The molecule has 8 nitrogen and oxygen atoms in total. The molecule has 0 aromatic carbocycles. The first-order valence-electron chi connectivity index (χ1n) is 8.89. The first-order chi connectivity index (χ1) is 11.8. The number of carbonyl (C=O) groups excluding carboxylic acids is 3. The fraction of sp³-hybridized carbons (Fsp3) is 0.765. The van der Waals surface area contributed by atoms with E-state index in [1.54, 1.807) is 6.92 Å². The Kier molecular flexibility index (Phi) is 8.54. The highest BCUT2D eigenvalue weighted by molar-refractivity contribution is 6.16. The Hall–Kier alpha value is -1.96. The molecule has 1 aliphatic carbocycles. The number of carbonyl (C=O) groups is 4. The number of carboxylic acid groups (broad SMARTS) is 1. The van der Waals surface area contributed by atoms with Gasteiger partial charge in [0.05, 0.1) is 6.10 Å². The van der Waals surface area contributed by atoms with Gasteiger partial charge in [-0.05, 0) is 32.1 Å². The molecule has 0 aromatic rings. The van der Waals surface area contributed by atoms with Crippen molar-refractivity contribution < 1.29 is 29.4 Å². The highest BCUT2D eigenvalue weighted by atomic mass is 16.4. The number of hydrogen-bond donors (Lipinski definition) is 3. The van der Waals surface area contributed by atoms with Crippen molar-refractivity contribution in [3.8, 4) is 0 Å². The molecular weight excluding hydrogens is 328 g/mol. The number of unbranched alkanes of at least 4 members (excludes halogenated alkanes) is 1. The van der Waals surface area contributed by atoms with Gasteiger partial charge in [-0.15, -0.1) is 0 Å². The average Bonchev–Trinajstić information content (AvgIpc) is 2.56. The molecule has 0 spiro atoms. The van der Waals surface area contributed by atoms with E-state index in [2.05, 4.69) is 5.32 Å². The first-order valence-corrected chi connectivity index (χ1v) is 8.89. The van der Waals surface area contributed by atoms with Crippen molar-refractivity contribution in [1.29, 1.82) is 0 Å². The number of carboxylic acids is 1. The van der Waals surface area contributed by atoms with Gasteiger partial charge in [-0.1, -0.05) is 26.7 Å². The second kappa shape index (κ2) is 10.1. The molecule has 8 heteroatoms. The molecule has 2 rings (SSSR count). The molecule has 1 saturated heterocycles. The number of imide groups is 2. The number of rotatable bonds is 5. The van der Waals surface area contributed by atoms with Gasteiger partial charge in [0.2, 0.25) is 11.8 Å². The Labute approximate surface area is 147 Å². The molecule has 142 valence electrons. The zero-order chi connectivity index (χ0) is 19.0. The number of aliphatic hydroxyl groups excluding tert-OH is 1.